The molecule has 1 saturated heterocycles. The Hall–Kier alpha value is -1.02. The van der Waals surface area contributed by atoms with E-state index in [2.05, 4.69) is 15.2 Å². The molecule has 2 rings (SSSR count). The van der Waals surface area contributed by atoms with Crippen LogP contribution in [-0.2, 0) is 16.1 Å². The molecule has 1 fully saturated rings. The van der Waals surface area contributed by atoms with Gasteiger partial charge in [-0.3, -0.25) is 9.69 Å². The van der Waals surface area contributed by atoms with Crippen molar-refractivity contribution in [2.45, 2.75) is 6.54 Å². The van der Waals surface area contributed by atoms with E-state index < -0.39 is 0 Å². The molecule has 1 aromatic heterocycles. The van der Waals surface area contributed by atoms with Crippen LogP contribution in [0.5, 0.6) is 0 Å². The first-order chi connectivity index (χ1) is 8.28. The fraction of sp³-hybridized carbons (Fsp3) is 0.600. The molecular weight excluding hydrogens is 240 g/mol. The number of ether oxygens (including phenoxy) is 1. The van der Waals surface area contributed by atoms with Gasteiger partial charge in [-0.25, -0.2) is 4.98 Å². The standard InChI is InChI=1S/C10H16N4O2S/c11-5-9(15)13-10-12-8(7-17-10)6-14-1-3-16-4-2-14/h7H,1-6,11H2,(H,12,13,15). The molecule has 0 saturated carbocycles. The van der Waals surface area contributed by atoms with Crippen molar-refractivity contribution in [1.29, 1.82) is 0 Å². The molecule has 1 aromatic rings. The van der Waals surface area contributed by atoms with Gasteiger partial charge in [-0.15, -0.1) is 11.3 Å². The first-order valence-corrected chi connectivity index (χ1v) is 6.40. The second-order valence-corrected chi connectivity index (χ2v) is 4.64. The molecule has 17 heavy (non-hydrogen) atoms. The predicted octanol–water partition coefficient (Wildman–Crippen LogP) is -0.128. The van der Waals surface area contributed by atoms with Gasteiger partial charge in [-0.1, -0.05) is 0 Å². The van der Waals surface area contributed by atoms with Crippen LogP contribution in [-0.4, -0.2) is 48.6 Å². The molecular formula is C10H16N4O2S. The lowest BCUT2D eigenvalue weighted by atomic mass is 10.4. The first kappa shape index (κ1) is 12.4. The number of hydrogen-bond donors (Lipinski definition) is 2. The summed E-state index contributed by atoms with van der Waals surface area (Å²) in [6.45, 7) is 4.21. The second kappa shape index (κ2) is 6.06. The van der Waals surface area contributed by atoms with Crippen LogP contribution in [0.25, 0.3) is 0 Å². The van der Waals surface area contributed by atoms with Crippen LogP contribution in [0.1, 0.15) is 5.69 Å². The zero-order valence-corrected chi connectivity index (χ0v) is 10.3. The summed E-state index contributed by atoms with van der Waals surface area (Å²) in [6, 6.07) is 0. The number of carbonyl (C=O) groups is 1. The van der Waals surface area contributed by atoms with Crippen molar-refractivity contribution in [3.63, 3.8) is 0 Å². The molecule has 1 amide bonds. The minimum absolute atomic E-state index is 0.0155. The molecule has 0 atom stereocenters. The summed E-state index contributed by atoms with van der Waals surface area (Å²) in [6.07, 6.45) is 0. The third-order valence-electron chi connectivity index (χ3n) is 2.47. The largest absolute Gasteiger partial charge is 0.379 e. The number of amides is 1. The van der Waals surface area contributed by atoms with Gasteiger partial charge in [-0.05, 0) is 0 Å². The number of carbonyl (C=O) groups excluding carboxylic acids is 1. The number of hydrogen-bond acceptors (Lipinski definition) is 6. The number of morpholine rings is 1. The zero-order chi connectivity index (χ0) is 12.1. The fourth-order valence-electron chi connectivity index (χ4n) is 1.60. The van der Waals surface area contributed by atoms with Gasteiger partial charge < -0.3 is 15.8 Å². The molecule has 2 heterocycles. The number of aromatic nitrogens is 1. The minimum Gasteiger partial charge on any atom is -0.379 e. The Labute approximate surface area is 104 Å². The minimum atomic E-state index is -0.211. The summed E-state index contributed by atoms with van der Waals surface area (Å²) in [5.74, 6) is -0.211. The SMILES string of the molecule is NCC(=O)Nc1nc(CN2CCOCC2)cs1. The summed E-state index contributed by atoms with van der Waals surface area (Å²) in [4.78, 5) is 17.7. The van der Waals surface area contributed by atoms with Gasteiger partial charge in [0.25, 0.3) is 0 Å². The van der Waals surface area contributed by atoms with E-state index in [1.807, 2.05) is 5.38 Å². The predicted molar refractivity (Wildman–Crippen MR) is 65.9 cm³/mol. The van der Waals surface area contributed by atoms with E-state index in [1.165, 1.54) is 11.3 Å². The molecule has 1 aliphatic rings. The summed E-state index contributed by atoms with van der Waals surface area (Å²) in [5, 5.41) is 5.22. The van der Waals surface area contributed by atoms with Crippen molar-refractivity contribution >= 4 is 22.4 Å². The summed E-state index contributed by atoms with van der Waals surface area (Å²) < 4.78 is 5.28. The molecule has 0 spiro atoms. The zero-order valence-electron chi connectivity index (χ0n) is 9.52. The van der Waals surface area contributed by atoms with E-state index in [9.17, 15) is 4.79 Å². The van der Waals surface area contributed by atoms with Gasteiger partial charge in [-0.2, -0.15) is 0 Å². The second-order valence-electron chi connectivity index (χ2n) is 3.78. The molecule has 0 aromatic carbocycles. The highest BCUT2D eigenvalue weighted by atomic mass is 32.1. The van der Waals surface area contributed by atoms with Crippen molar-refractivity contribution in [2.75, 3.05) is 38.2 Å². The maximum atomic E-state index is 11.1. The number of anilines is 1. The molecule has 0 radical (unpaired) electrons. The molecule has 7 heteroatoms. The van der Waals surface area contributed by atoms with E-state index >= 15 is 0 Å². The highest BCUT2D eigenvalue weighted by molar-refractivity contribution is 7.13. The van der Waals surface area contributed by atoms with E-state index in [0.29, 0.717) is 5.13 Å². The Morgan fingerprint density at radius 2 is 2.35 bits per heavy atom. The summed E-state index contributed by atoms with van der Waals surface area (Å²) in [5.41, 5.74) is 6.19. The van der Waals surface area contributed by atoms with Crippen LogP contribution in [0, 0.1) is 0 Å². The molecule has 6 nitrogen and oxygen atoms in total. The molecule has 94 valence electrons. The lowest BCUT2D eigenvalue weighted by molar-refractivity contribution is -0.114. The Balaban J connectivity index is 1.86. The fourth-order valence-corrected chi connectivity index (χ4v) is 2.31. The van der Waals surface area contributed by atoms with Gasteiger partial charge in [0.2, 0.25) is 5.91 Å². The maximum Gasteiger partial charge on any atom is 0.239 e. The Kier molecular flexibility index (Phi) is 4.43. The highest BCUT2D eigenvalue weighted by Gasteiger charge is 2.12. The summed E-state index contributed by atoms with van der Waals surface area (Å²) in [7, 11) is 0. The van der Waals surface area contributed by atoms with Crippen LogP contribution in [0.2, 0.25) is 0 Å². The Morgan fingerprint density at radius 3 is 3.06 bits per heavy atom. The van der Waals surface area contributed by atoms with Crippen LogP contribution >= 0.6 is 11.3 Å². The van der Waals surface area contributed by atoms with Gasteiger partial charge in [0, 0.05) is 25.0 Å². The smallest absolute Gasteiger partial charge is 0.239 e. The highest BCUT2D eigenvalue weighted by Crippen LogP contribution is 2.16. The van der Waals surface area contributed by atoms with Gasteiger partial charge in [0.05, 0.1) is 25.5 Å². The van der Waals surface area contributed by atoms with Crippen molar-refractivity contribution in [3.05, 3.63) is 11.1 Å². The van der Waals surface area contributed by atoms with Crippen molar-refractivity contribution in [3.8, 4) is 0 Å². The number of thiazole rings is 1. The average Bonchev–Trinajstić information content (AvgIpc) is 2.77. The van der Waals surface area contributed by atoms with E-state index in [1.54, 1.807) is 0 Å². The first-order valence-electron chi connectivity index (χ1n) is 5.52. The third-order valence-corrected chi connectivity index (χ3v) is 3.28. The molecule has 0 bridgehead atoms. The van der Waals surface area contributed by atoms with Crippen molar-refractivity contribution < 1.29 is 9.53 Å². The van der Waals surface area contributed by atoms with Gasteiger partial charge in [0.1, 0.15) is 0 Å². The lowest BCUT2D eigenvalue weighted by Gasteiger charge is -2.25. The van der Waals surface area contributed by atoms with Crippen LogP contribution in [0.15, 0.2) is 5.38 Å². The molecule has 1 aliphatic heterocycles. The Morgan fingerprint density at radius 1 is 1.59 bits per heavy atom. The topological polar surface area (TPSA) is 80.5 Å². The number of nitrogens with zero attached hydrogens (tertiary/aromatic N) is 2. The van der Waals surface area contributed by atoms with Gasteiger partial charge >= 0.3 is 0 Å². The third kappa shape index (κ3) is 3.74. The normalized spacial score (nSPS) is 17.0. The maximum absolute atomic E-state index is 11.1. The monoisotopic (exact) mass is 256 g/mol. The van der Waals surface area contributed by atoms with E-state index in [0.717, 1.165) is 38.5 Å². The Bertz CT molecular complexity index is 376. The quantitative estimate of drug-likeness (QED) is 0.784. The van der Waals surface area contributed by atoms with Crippen molar-refractivity contribution in [2.24, 2.45) is 5.73 Å². The molecule has 3 N–H and O–H groups in total. The average molecular weight is 256 g/mol. The molecule has 0 unspecified atom stereocenters. The lowest BCUT2D eigenvalue weighted by Crippen LogP contribution is -2.35. The summed E-state index contributed by atoms with van der Waals surface area (Å²) >= 11 is 1.43. The van der Waals surface area contributed by atoms with Crippen LogP contribution in [0.4, 0.5) is 5.13 Å². The number of rotatable bonds is 4. The van der Waals surface area contributed by atoms with E-state index in [4.69, 9.17) is 10.5 Å². The van der Waals surface area contributed by atoms with Crippen LogP contribution in [0.3, 0.4) is 0 Å². The van der Waals surface area contributed by atoms with Gasteiger partial charge in [0.15, 0.2) is 5.13 Å². The number of nitrogens with one attached hydrogen (secondary N) is 1. The van der Waals surface area contributed by atoms with Crippen LogP contribution < -0.4 is 11.1 Å². The van der Waals surface area contributed by atoms with E-state index in [-0.39, 0.29) is 12.5 Å². The van der Waals surface area contributed by atoms with Crippen molar-refractivity contribution in [1.82, 2.24) is 9.88 Å². The molecule has 0 aliphatic carbocycles. The number of nitrogens with two attached hydrogens (primary N) is 1.